The molecule has 0 radical (unpaired) electrons. The van der Waals surface area contributed by atoms with Crippen LogP contribution in [0.1, 0.15) is 19.8 Å². The number of nitrogens with one attached hydrogen (secondary N) is 2. The molecule has 1 aliphatic rings. The van der Waals surface area contributed by atoms with Crippen LogP contribution in [0, 0.1) is 11.7 Å². The lowest BCUT2D eigenvalue weighted by atomic mass is 9.97. The maximum absolute atomic E-state index is 14.3. The Morgan fingerprint density at radius 2 is 2.27 bits per heavy atom. The minimum Gasteiger partial charge on any atom is -0.367 e. The number of carbonyl (C=O) groups excluding carboxylic acids is 1. The van der Waals surface area contributed by atoms with Crippen molar-refractivity contribution >= 4 is 46.0 Å². The minimum absolute atomic E-state index is 0.0662. The summed E-state index contributed by atoms with van der Waals surface area (Å²) in [5.74, 6) is 0.0764. The average molecular weight is 451 g/mol. The van der Waals surface area contributed by atoms with Gasteiger partial charge in [0.1, 0.15) is 11.0 Å². The number of rotatable bonds is 5. The number of nitrogens with zero attached hydrogens (tertiary/aromatic N) is 4. The van der Waals surface area contributed by atoms with Crippen molar-refractivity contribution in [3.05, 3.63) is 35.5 Å². The first kappa shape index (κ1) is 20.8. The highest BCUT2D eigenvalue weighted by Crippen LogP contribution is 2.28. The Kier molecular flexibility index (Phi) is 6.06. The van der Waals surface area contributed by atoms with E-state index in [9.17, 15) is 9.18 Å². The van der Waals surface area contributed by atoms with Gasteiger partial charge in [-0.1, -0.05) is 11.6 Å². The molecule has 3 aromatic rings. The molecule has 4 rings (SSSR count). The van der Waals surface area contributed by atoms with Crippen molar-refractivity contribution in [1.29, 1.82) is 0 Å². The average Bonchev–Trinajstić information content (AvgIpc) is 3.15. The van der Waals surface area contributed by atoms with E-state index >= 15 is 0 Å². The van der Waals surface area contributed by atoms with Crippen LogP contribution >= 0.6 is 23.2 Å². The summed E-state index contributed by atoms with van der Waals surface area (Å²) in [6.45, 7) is 3.47. The van der Waals surface area contributed by atoms with Crippen LogP contribution in [0.25, 0.3) is 22.4 Å². The van der Waals surface area contributed by atoms with Crippen molar-refractivity contribution in [3.8, 4) is 11.4 Å². The maximum Gasteiger partial charge on any atom is 0.240 e. The van der Waals surface area contributed by atoms with Gasteiger partial charge in [-0.25, -0.2) is 19.3 Å². The minimum atomic E-state index is -0.544. The molecule has 158 valence electrons. The molecule has 30 heavy (non-hydrogen) atoms. The molecule has 2 atom stereocenters. The fourth-order valence-electron chi connectivity index (χ4n) is 3.71. The molecule has 2 N–H and O–H groups in total. The Hall–Kier alpha value is -2.45. The van der Waals surface area contributed by atoms with Gasteiger partial charge in [0.2, 0.25) is 5.91 Å². The molecule has 0 aliphatic carbocycles. The van der Waals surface area contributed by atoms with Crippen molar-refractivity contribution in [1.82, 2.24) is 24.8 Å². The van der Waals surface area contributed by atoms with E-state index in [1.807, 2.05) is 0 Å². The van der Waals surface area contributed by atoms with Crippen LogP contribution in [0.3, 0.4) is 0 Å². The smallest absolute Gasteiger partial charge is 0.240 e. The van der Waals surface area contributed by atoms with Crippen molar-refractivity contribution in [2.75, 3.05) is 25.0 Å². The zero-order valence-corrected chi connectivity index (χ0v) is 17.8. The molecule has 1 saturated heterocycles. The third-order valence-corrected chi connectivity index (χ3v) is 5.61. The van der Waals surface area contributed by atoms with Crippen LogP contribution in [-0.4, -0.2) is 55.8 Å². The number of halogens is 3. The van der Waals surface area contributed by atoms with Gasteiger partial charge in [-0.15, -0.1) is 11.6 Å². The van der Waals surface area contributed by atoms with Crippen LogP contribution in [0.5, 0.6) is 0 Å². The van der Waals surface area contributed by atoms with E-state index in [1.54, 1.807) is 30.3 Å². The second-order valence-corrected chi connectivity index (χ2v) is 8.52. The van der Waals surface area contributed by atoms with E-state index in [0.29, 0.717) is 41.7 Å². The fourth-order valence-corrected chi connectivity index (χ4v) is 4.00. The van der Waals surface area contributed by atoms with E-state index in [1.165, 1.54) is 0 Å². The summed E-state index contributed by atoms with van der Waals surface area (Å²) >= 11 is 12.0. The van der Waals surface area contributed by atoms with E-state index in [0.717, 1.165) is 24.4 Å². The Morgan fingerprint density at radius 3 is 3.07 bits per heavy atom. The lowest BCUT2D eigenvalue weighted by Crippen LogP contribution is -2.44. The zero-order chi connectivity index (χ0) is 21.3. The maximum atomic E-state index is 14.3. The van der Waals surface area contributed by atoms with Gasteiger partial charge in [0, 0.05) is 43.0 Å². The second-order valence-electron chi connectivity index (χ2n) is 7.43. The number of anilines is 1. The monoisotopic (exact) mass is 450 g/mol. The molecule has 0 bridgehead atoms. The van der Waals surface area contributed by atoms with Crippen molar-refractivity contribution in [3.63, 3.8) is 0 Å². The van der Waals surface area contributed by atoms with Gasteiger partial charge in [-0.3, -0.25) is 4.79 Å². The first-order valence-electron chi connectivity index (χ1n) is 9.74. The standard InChI is InChI=1S/C20H21Cl2FN6O/c1-11(21)20(30)29-4-2-3-12(10-29)6-24-19-16(23)9-27-18(28-19)15-8-26-17-14(15)5-13(22)7-25-17/h5,7-9,11-12H,2-4,6,10H2,1H3,(H,25,26)(H,24,27,28)/t11?,12-/m0/s1. The van der Waals surface area contributed by atoms with Crippen LogP contribution < -0.4 is 5.32 Å². The van der Waals surface area contributed by atoms with E-state index in [-0.39, 0.29) is 17.6 Å². The number of H-pyrrole nitrogens is 1. The van der Waals surface area contributed by atoms with E-state index in [4.69, 9.17) is 23.2 Å². The quantitative estimate of drug-likeness (QED) is 0.571. The normalized spacial score (nSPS) is 17.9. The Morgan fingerprint density at radius 1 is 1.43 bits per heavy atom. The number of likely N-dealkylation sites (tertiary alicyclic amines) is 1. The second kappa shape index (κ2) is 8.73. The number of alkyl halides is 1. The molecule has 4 heterocycles. The number of aromatic amines is 1. The summed E-state index contributed by atoms with van der Waals surface area (Å²) in [7, 11) is 0. The lowest BCUT2D eigenvalue weighted by Gasteiger charge is -2.33. The molecule has 0 saturated carbocycles. The zero-order valence-electron chi connectivity index (χ0n) is 16.3. The summed E-state index contributed by atoms with van der Waals surface area (Å²) in [5, 5.41) is 3.79. The van der Waals surface area contributed by atoms with E-state index < -0.39 is 11.2 Å². The molecular weight excluding hydrogens is 430 g/mol. The van der Waals surface area contributed by atoms with Gasteiger partial charge in [-0.2, -0.15) is 0 Å². The first-order valence-corrected chi connectivity index (χ1v) is 10.6. The summed E-state index contributed by atoms with van der Waals surface area (Å²) in [5.41, 5.74) is 1.34. The number of pyridine rings is 1. The number of fused-ring (bicyclic) bond motifs is 1. The number of aromatic nitrogens is 4. The summed E-state index contributed by atoms with van der Waals surface area (Å²) in [4.78, 5) is 29.7. The number of hydrogen-bond donors (Lipinski definition) is 2. The molecule has 1 aliphatic heterocycles. The number of hydrogen-bond acceptors (Lipinski definition) is 5. The van der Waals surface area contributed by atoms with Crippen molar-refractivity contribution < 1.29 is 9.18 Å². The lowest BCUT2D eigenvalue weighted by molar-refractivity contribution is -0.132. The summed E-state index contributed by atoms with van der Waals surface area (Å²) < 4.78 is 14.3. The predicted molar refractivity (Wildman–Crippen MR) is 115 cm³/mol. The van der Waals surface area contributed by atoms with Gasteiger partial charge in [-0.05, 0) is 31.7 Å². The SMILES string of the molecule is CC(Cl)C(=O)N1CCC[C@@H](CNc2nc(-c3c[nH]c4ncc(Cl)cc34)ncc2F)C1. The molecule has 3 aromatic heterocycles. The fraction of sp³-hybridized carbons (Fsp3) is 0.400. The molecule has 10 heteroatoms. The number of carbonyl (C=O) groups is 1. The van der Waals surface area contributed by atoms with E-state index in [2.05, 4.69) is 25.3 Å². The van der Waals surface area contributed by atoms with Gasteiger partial charge in [0.05, 0.1) is 11.2 Å². The topological polar surface area (TPSA) is 86.8 Å². The van der Waals surface area contributed by atoms with Crippen LogP contribution in [-0.2, 0) is 4.79 Å². The molecule has 0 spiro atoms. The third kappa shape index (κ3) is 4.34. The molecule has 1 unspecified atom stereocenters. The number of amides is 1. The van der Waals surface area contributed by atoms with Gasteiger partial charge >= 0.3 is 0 Å². The Balaban J connectivity index is 1.50. The molecule has 1 fully saturated rings. The third-order valence-electron chi connectivity index (χ3n) is 5.21. The molecule has 7 nitrogen and oxygen atoms in total. The van der Waals surface area contributed by atoms with Gasteiger partial charge in [0.15, 0.2) is 17.5 Å². The largest absolute Gasteiger partial charge is 0.367 e. The van der Waals surface area contributed by atoms with Crippen molar-refractivity contribution in [2.24, 2.45) is 5.92 Å². The molecular formula is C20H21Cl2FN6O. The Bertz CT molecular complexity index is 1070. The highest BCUT2D eigenvalue weighted by atomic mass is 35.5. The Labute approximate surface area is 183 Å². The predicted octanol–water partition coefficient (Wildman–Crippen LogP) is 4.09. The molecule has 1 amide bonds. The van der Waals surface area contributed by atoms with Gasteiger partial charge in [0.25, 0.3) is 0 Å². The van der Waals surface area contributed by atoms with Crippen LogP contribution in [0.15, 0.2) is 24.7 Å². The summed E-state index contributed by atoms with van der Waals surface area (Å²) in [6, 6.07) is 1.76. The molecule has 0 aromatic carbocycles. The van der Waals surface area contributed by atoms with Crippen molar-refractivity contribution in [2.45, 2.75) is 25.1 Å². The number of piperidine rings is 1. The van der Waals surface area contributed by atoms with Crippen LogP contribution in [0.2, 0.25) is 5.02 Å². The first-order chi connectivity index (χ1) is 14.4. The summed E-state index contributed by atoms with van der Waals surface area (Å²) in [6.07, 6.45) is 6.25. The highest BCUT2D eigenvalue weighted by Gasteiger charge is 2.26. The highest BCUT2D eigenvalue weighted by molar-refractivity contribution is 6.31. The van der Waals surface area contributed by atoms with Crippen LogP contribution in [0.4, 0.5) is 10.2 Å². The van der Waals surface area contributed by atoms with Gasteiger partial charge < -0.3 is 15.2 Å².